The van der Waals surface area contributed by atoms with E-state index in [9.17, 15) is 0 Å². The molecule has 2 N–H and O–H groups in total. The molecule has 1 rings (SSSR count). The number of nitrogens with zero attached hydrogens (tertiary/aromatic N) is 3. The molecule has 88 valence electrons. The van der Waals surface area contributed by atoms with E-state index in [-0.39, 0.29) is 0 Å². The molecule has 0 unspecified atom stereocenters. The fourth-order valence-corrected chi connectivity index (χ4v) is 1.57. The Morgan fingerprint density at radius 3 is 2.75 bits per heavy atom. The van der Waals surface area contributed by atoms with Gasteiger partial charge >= 0.3 is 0 Å². The van der Waals surface area contributed by atoms with Gasteiger partial charge in [0.1, 0.15) is 10.7 Å². The van der Waals surface area contributed by atoms with E-state index in [4.69, 9.17) is 18.0 Å². The summed E-state index contributed by atoms with van der Waals surface area (Å²) in [4.78, 5) is 11.1. The van der Waals surface area contributed by atoms with Crippen molar-refractivity contribution in [1.82, 2.24) is 9.97 Å². The Bertz CT molecular complexity index is 365. The summed E-state index contributed by atoms with van der Waals surface area (Å²) in [5.74, 6) is 0.696. The number of thiocarbonyl (C=S) groups is 1. The molecule has 0 radical (unpaired) electrons. The first-order chi connectivity index (χ1) is 7.56. The number of hydrogen-bond acceptors (Lipinski definition) is 4. The molecule has 16 heavy (non-hydrogen) atoms. The van der Waals surface area contributed by atoms with Crippen LogP contribution in [0.15, 0.2) is 12.3 Å². The molecule has 0 saturated carbocycles. The van der Waals surface area contributed by atoms with Crippen LogP contribution in [0.25, 0.3) is 0 Å². The normalized spacial score (nSPS) is 10.5. The summed E-state index contributed by atoms with van der Waals surface area (Å²) < 4.78 is 0. The van der Waals surface area contributed by atoms with Crippen molar-refractivity contribution in [2.75, 3.05) is 11.4 Å². The third-order valence-corrected chi connectivity index (χ3v) is 2.45. The second-order valence-corrected chi connectivity index (χ2v) is 4.33. The van der Waals surface area contributed by atoms with E-state index in [2.05, 4.69) is 35.6 Å². The van der Waals surface area contributed by atoms with Crippen molar-refractivity contribution >= 4 is 23.2 Å². The number of anilines is 1. The van der Waals surface area contributed by atoms with Crippen LogP contribution < -0.4 is 10.6 Å². The van der Waals surface area contributed by atoms with Gasteiger partial charge in [-0.15, -0.1) is 0 Å². The van der Waals surface area contributed by atoms with Crippen LogP contribution in [0.4, 0.5) is 5.95 Å². The number of rotatable bonds is 5. The lowest BCUT2D eigenvalue weighted by Crippen LogP contribution is -2.33. The Hall–Kier alpha value is -1.23. The fraction of sp³-hybridized carbons (Fsp3) is 0.545. The predicted octanol–water partition coefficient (Wildman–Crippen LogP) is 1.74. The zero-order chi connectivity index (χ0) is 12.1. The summed E-state index contributed by atoms with van der Waals surface area (Å²) in [6.45, 7) is 7.30. The van der Waals surface area contributed by atoms with E-state index in [0.717, 1.165) is 13.0 Å². The van der Waals surface area contributed by atoms with E-state index in [0.29, 0.717) is 22.7 Å². The molecular formula is C11H18N4S. The average Bonchev–Trinajstić information content (AvgIpc) is 2.25. The van der Waals surface area contributed by atoms with E-state index in [1.54, 1.807) is 12.3 Å². The van der Waals surface area contributed by atoms with E-state index in [1.165, 1.54) is 0 Å². The Morgan fingerprint density at radius 1 is 1.56 bits per heavy atom. The summed E-state index contributed by atoms with van der Waals surface area (Å²) in [7, 11) is 0. The molecule has 0 aliphatic heterocycles. The molecule has 0 bridgehead atoms. The van der Waals surface area contributed by atoms with Crippen LogP contribution in [0, 0.1) is 0 Å². The molecule has 0 aliphatic rings. The monoisotopic (exact) mass is 238 g/mol. The lowest BCUT2D eigenvalue weighted by atomic mass is 10.3. The molecule has 1 aromatic heterocycles. The van der Waals surface area contributed by atoms with Crippen LogP contribution in [0.2, 0.25) is 0 Å². The lowest BCUT2D eigenvalue weighted by molar-refractivity contribution is 0.651. The van der Waals surface area contributed by atoms with Gasteiger partial charge in [0.2, 0.25) is 5.95 Å². The van der Waals surface area contributed by atoms with Crippen molar-refractivity contribution in [1.29, 1.82) is 0 Å². The average molecular weight is 238 g/mol. The van der Waals surface area contributed by atoms with Gasteiger partial charge in [0.05, 0.1) is 0 Å². The summed E-state index contributed by atoms with van der Waals surface area (Å²) in [5.41, 5.74) is 6.18. The molecule has 5 heteroatoms. The largest absolute Gasteiger partial charge is 0.388 e. The highest BCUT2D eigenvalue weighted by Gasteiger charge is 2.13. The maximum atomic E-state index is 5.56. The van der Waals surface area contributed by atoms with Gasteiger partial charge in [-0.25, -0.2) is 9.97 Å². The van der Waals surface area contributed by atoms with Crippen LogP contribution in [-0.2, 0) is 0 Å². The van der Waals surface area contributed by atoms with Gasteiger partial charge in [-0.05, 0) is 26.3 Å². The van der Waals surface area contributed by atoms with Crippen molar-refractivity contribution in [3.63, 3.8) is 0 Å². The highest BCUT2D eigenvalue weighted by Crippen LogP contribution is 2.11. The first kappa shape index (κ1) is 12.8. The van der Waals surface area contributed by atoms with Crippen LogP contribution in [0.1, 0.15) is 32.9 Å². The zero-order valence-corrected chi connectivity index (χ0v) is 10.8. The maximum absolute atomic E-state index is 5.56. The molecule has 1 aromatic rings. The summed E-state index contributed by atoms with van der Waals surface area (Å²) >= 11 is 4.91. The van der Waals surface area contributed by atoms with Crippen molar-refractivity contribution in [2.24, 2.45) is 5.73 Å². The minimum Gasteiger partial charge on any atom is -0.388 e. The zero-order valence-electron chi connectivity index (χ0n) is 9.97. The van der Waals surface area contributed by atoms with Crippen LogP contribution >= 0.6 is 12.2 Å². The van der Waals surface area contributed by atoms with Gasteiger partial charge in [-0.3, -0.25) is 0 Å². The van der Waals surface area contributed by atoms with Crippen molar-refractivity contribution in [3.8, 4) is 0 Å². The van der Waals surface area contributed by atoms with Gasteiger partial charge in [-0.2, -0.15) is 0 Å². The van der Waals surface area contributed by atoms with Gasteiger partial charge < -0.3 is 10.6 Å². The first-order valence-electron chi connectivity index (χ1n) is 5.45. The Morgan fingerprint density at radius 2 is 2.25 bits per heavy atom. The number of nitrogens with two attached hydrogens (primary N) is 1. The minimum absolute atomic E-state index is 0.309. The third kappa shape index (κ3) is 3.13. The third-order valence-electron chi connectivity index (χ3n) is 2.24. The Labute approximate surface area is 102 Å². The molecule has 0 atom stereocenters. The summed E-state index contributed by atoms with van der Waals surface area (Å²) in [6.07, 6.45) is 2.75. The molecule has 4 nitrogen and oxygen atoms in total. The molecule has 0 amide bonds. The molecular weight excluding hydrogens is 220 g/mol. The van der Waals surface area contributed by atoms with Crippen LogP contribution in [0.5, 0.6) is 0 Å². The molecule has 1 heterocycles. The van der Waals surface area contributed by atoms with Gasteiger partial charge in [0.15, 0.2) is 0 Å². The number of aromatic nitrogens is 2. The lowest BCUT2D eigenvalue weighted by Gasteiger charge is -2.26. The molecule has 0 aliphatic carbocycles. The Kier molecular flexibility index (Phi) is 4.61. The van der Waals surface area contributed by atoms with Crippen molar-refractivity contribution < 1.29 is 0 Å². The molecule has 0 aromatic carbocycles. The topological polar surface area (TPSA) is 55.0 Å². The predicted molar refractivity (Wildman–Crippen MR) is 70.7 cm³/mol. The second kappa shape index (κ2) is 5.75. The van der Waals surface area contributed by atoms with E-state index >= 15 is 0 Å². The first-order valence-corrected chi connectivity index (χ1v) is 5.86. The Balaban J connectivity index is 3.00. The van der Waals surface area contributed by atoms with Crippen LogP contribution in [-0.4, -0.2) is 27.5 Å². The standard InChI is InChI=1S/C11H18N4S/c1-4-7-15(8(2)3)11-13-6-5-9(14-11)10(12)16/h5-6,8H,4,7H2,1-3H3,(H2,12,16). The molecule has 0 fully saturated rings. The SMILES string of the molecule is CCCN(c1nccc(C(N)=S)n1)C(C)C. The maximum Gasteiger partial charge on any atom is 0.226 e. The van der Waals surface area contributed by atoms with Crippen molar-refractivity contribution in [3.05, 3.63) is 18.0 Å². The summed E-state index contributed by atoms with van der Waals surface area (Å²) in [6, 6.07) is 2.09. The quantitative estimate of drug-likeness (QED) is 0.792. The van der Waals surface area contributed by atoms with Crippen molar-refractivity contribution in [2.45, 2.75) is 33.2 Å². The highest BCUT2D eigenvalue weighted by molar-refractivity contribution is 7.80. The van der Waals surface area contributed by atoms with Gasteiger partial charge in [0, 0.05) is 18.8 Å². The van der Waals surface area contributed by atoms with E-state index < -0.39 is 0 Å². The number of hydrogen-bond donors (Lipinski definition) is 1. The molecule has 0 spiro atoms. The minimum atomic E-state index is 0.309. The van der Waals surface area contributed by atoms with Gasteiger partial charge in [-0.1, -0.05) is 19.1 Å². The fourth-order valence-electron chi connectivity index (χ4n) is 1.45. The summed E-state index contributed by atoms with van der Waals surface area (Å²) in [5, 5.41) is 0. The highest BCUT2D eigenvalue weighted by atomic mass is 32.1. The van der Waals surface area contributed by atoms with Gasteiger partial charge in [0.25, 0.3) is 0 Å². The van der Waals surface area contributed by atoms with Crippen LogP contribution in [0.3, 0.4) is 0 Å². The molecule has 0 saturated heterocycles. The van der Waals surface area contributed by atoms with E-state index in [1.807, 2.05) is 0 Å². The smallest absolute Gasteiger partial charge is 0.226 e. The second-order valence-electron chi connectivity index (χ2n) is 3.89.